The summed E-state index contributed by atoms with van der Waals surface area (Å²) in [4.78, 5) is 11.9. The average molecular weight is 326 g/mol. The van der Waals surface area contributed by atoms with Gasteiger partial charge in [-0.05, 0) is 23.8 Å². The zero-order valence-electron chi connectivity index (χ0n) is 11.9. The van der Waals surface area contributed by atoms with Gasteiger partial charge in [0.2, 0.25) is 5.13 Å². The summed E-state index contributed by atoms with van der Waals surface area (Å²) in [5.41, 5.74) is 0.999. The van der Waals surface area contributed by atoms with E-state index in [0.717, 1.165) is 17.0 Å². The zero-order chi connectivity index (χ0) is 15.2. The van der Waals surface area contributed by atoms with Gasteiger partial charge in [-0.3, -0.25) is 5.32 Å². The summed E-state index contributed by atoms with van der Waals surface area (Å²) >= 11 is 2.90. The monoisotopic (exact) mass is 326 g/mol. The fourth-order valence-electron chi connectivity index (χ4n) is 1.84. The van der Waals surface area contributed by atoms with Crippen molar-refractivity contribution in [1.82, 2.24) is 15.5 Å². The van der Waals surface area contributed by atoms with Crippen molar-refractivity contribution < 1.29 is 9.90 Å². The molecule has 0 fully saturated rings. The van der Waals surface area contributed by atoms with Crippen LogP contribution < -0.4 is 10.6 Å². The van der Waals surface area contributed by atoms with E-state index in [0.29, 0.717) is 11.0 Å². The molecule has 0 saturated carbocycles. The van der Waals surface area contributed by atoms with Crippen LogP contribution in [0.2, 0.25) is 0 Å². The average Bonchev–Trinajstić information content (AvgIpc) is 3.07. The van der Waals surface area contributed by atoms with E-state index in [1.165, 1.54) is 11.3 Å². The smallest absolute Gasteiger partial charge is 0.321 e. The number of hydrogen-bond acceptors (Lipinski definition) is 6. The first-order chi connectivity index (χ1) is 10.1. The molecule has 2 aromatic heterocycles. The fraction of sp³-hybridized carbons (Fsp3) is 0.462. The number of hydrogen-bond donors (Lipinski definition) is 3. The number of amides is 2. The minimum absolute atomic E-state index is 0.0815. The van der Waals surface area contributed by atoms with Crippen molar-refractivity contribution in [2.75, 3.05) is 11.9 Å². The minimum Gasteiger partial charge on any atom is -0.394 e. The molecule has 1 unspecified atom stereocenters. The molecule has 0 saturated heterocycles. The second-order valence-electron chi connectivity index (χ2n) is 5.03. The predicted octanol–water partition coefficient (Wildman–Crippen LogP) is 2.80. The van der Waals surface area contributed by atoms with Crippen molar-refractivity contribution in [1.29, 1.82) is 0 Å². The van der Waals surface area contributed by atoms with Gasteiger partial charge in [0.25, 0.3) is 0 Å². The van der Waals surface area contributed by atoms with Crippen LogP contribution in [0.5, 0.6) is 0 Å². The number of thiophene rings is 1. The molecule has 0 bridgehead atoms. The predicted molar refractivity (Wildman–Crippen MR) is 85.7 cm³/mol. The Bertz CT molecular complexity index is 568. The summed E-state index contributed by atoms with van der Waals surface area (Å²) in [6, 6.07) is 1.33. The van der Waals surface area contributed by atoms with Crippen molar-refractivity contribution in [3.8, 4) is 10.6 Å². The largest absolute Gasteiger partial charge is 0.394 e. The Hall–Kier alpha value is -1.51. The molecular formula is C13H18N4O2S2. The third-order valence-corrected chi connectivity index (χ3v) is 4.30. The Morgan fingerprint density at radius 1 is 1.43 bits per heavy atom. The second-order valence-corrected chi connectivity index (χ2v) is 6.79. The number of nitrogens with one attached hydrogen (secondary N) is 2. The Labute approximate surface area is 131 Å². The van der Waals surface area contributed by atoms with E-state index in [1.807, 2.05) is 30.7 Å². The van der Waals surface area contributed by atoms with E-state index >= 15 is 0 Å². The fourth-order valence-corrected chi connectivity index (χ4v) is 3.29. The maximum absolute atomic E-state index is 11.9. The van der Waals surface area contributed by atoms with Gasteiger partial charge in [-0.15, -0.1) is 10.2 Å². The Morgan fingerprint density at radius 2 is 2.24 bits per heavy atom. The number of aromatic nitrogens is 2. The van der Waals surface area contributed by atoms with E-state index in [2.05, 4.69) is 20.8 Å². The van der Waals surface area contributed by atoms with Gasteiger partial charge >= 0.3 is 6.03 Å². The van der Waals surface area contributed by atoms with Crippen LogP contribution in [0, 0.1) is 5.92 Å². The maximum atomic E-state index is 11.9. The van der Waals surface area contributed by atoms with Crippen LogP contribution in [0.15, 0.2) is 16.8 Å². The van der Waals surface area contributed by atoms with Crippen molar-refractivity contribution >= 4 is 33.8 Å². The molecule has 0 aliphatic heterocycles. The lowest BCUT2D eigenvalue weighted by atomic mass is 10.0. The first-order valence-electron chi connectivity index (χ1n) is 6.63. The molecular weight excluding hydrogens is 308 g/mol. The van der Waals surface area contributed by atoms with Gasteiger partial charge in [0.15, 0.2) is 0 Å². The van der Waals surface area contributed by atoms with Crippen molar-refractivity contribution in [3.63, 3.8) is 0 Å². The third kappa shape index (κ3) is 4.76. The standard InChI is InChI=1S/C13H18N4O2S2/c1-8(2)5-10(6-18)14-12(19)15-13-17-16-11(21-13)9-3-4-20-7-9/h3-4,7-8,10,18H,5-6H2,1-2H3,(H2,14,15,17,19). The molecule has 1 atom stereocenters. The first-order valence-corrected chi connectivity index (χ1v) is 8.39. The number of aliphatic hydroxyl groups is 1. The molecule has 114 valence electrons. The summed E-state index contributed by atoms with van der Waals surface area (Å²) in [5, 5.41) is 27.8. The lowest BCUT2D eigenvalue weighted by Crippen LogP contribution is -2.40. The molecule has 0 aromatic carbocycles. The van der Waals surface area contributed by atoms with Crippen LogP contribution in [-0.2, 0) is 0 Å². The topological polar surface area (TPSA) is 87.1 Å². The summed E-state index contributed by atoms with van der Waals surface area (Å²) in [5.74, 6) is 0.397. The van der Waals surface area contributed by atoms with Gasteiger partial charge in [0.1, 0.15) is 5.01 Å². The summed E-state index contributed by atoms with van der Waals surface area (Å²) in [6.45, 7) is 4.00. The number of rotatable bonds is 6. The van der Waals surface area contributed by atoms with E-state index < -0.39 is 0 Å². The summed E-state index contributed by atoms with van der Waals surface area (Å²) in [6.07, 6.45) is 0.722. The molecule has 2 rings (SSSR count). The van der Waals surface area contributed by atoms with Gasteiger partial charge in [-0.25, -0.2) is 4.79 Å². The zero-order valence-corrected chi connectivity index (χ0v) is 13.5. The summed E-state index contributed by atoms with van der Waals surface area (Å²) in [7, 11) is 0. The molecule has 3 N–H and O–H groups in total. The number of aliphatic hydroxyl groups excluding tert-OH is 1. The van der Waals surface area contributed by atoms with Crippen molar-refractivity contribution in [2.45, 2.75) is 26.3 Å². The Balaban J connectivity index is 1.91. The van der Waals surface area contributed by atoms with Crippen LogP contribution in [0.4, 0.5) is 9.93 Å². The van der Waals surface area contributed by atoms with E-state index in [1.54, 1.807) is 11.3 Å². The maximum Gasteiger partial charge on any atom is 0.321 e. The normalized spacial score (nSPS) is 12.4. The summed E-state index contributed by atoms with van der Waals surface area (Å²) < 4.78 is 0. The Kier molecular flexibility index (Phi) is 5.66. The first kappa shape index (κ1) is 15.9. The van der Waals surface area contributed by atoms with Crippen LogP contribution in [0.3, 0.4) is 0 Å². The highest BCUT2D eigenvalue weighted by atomic mass is 32.1. The quantitative estimate of drug-likeness (QED) is 0.762. The van der Waals surface area contributed by atoms with Crippen LogP contribution in [-0.4, -0.2) is 34.0 Å². The van der Waals surface area contributed by atoms with Crippen LogP contribution >= 0.6 is 22.7 Å². The molecule has 0 spiro atoms. The van der Waals surface area contributed by atoms with E-state index in [4.69, 9.17) is 0 Å². The third-order valence-electron chi connectivity index (χ3n) is 2.73. The van der Waals surface area contributed by atoms with Gasteiger partial charge in [-0.2, -0.15) is 11.3 Å². The van der Waals surface area contributed by atoms with Gasteiger partial charge in [0, 0.05) is 10.9 Å². The second kappa shape index (κ2) is 7.48. The minimum atomic E-state index is -0.372. The highest BCUT2D eigenvalue weighted by Crippen LogP contribution is 2.27. The Morgan fingerprint density at radius 3 is 2.86 bits per heavy atom. The highest BCUT2D eigenvalue weighted by Gasteiger charge is 2.15. The number of anilines is 1. The number of carbonyl (C=O) groups excluding carboxylic acids is 1. The van der Waals surface area contributed by atoms with Crippen LogP contribution in [0.1, 0.15) is 20.3 Å². The van der Waals surface area contributed by atoms with Crippen molar-refractivity contribution in [3.05, 3.63) is 16.8 Å². The number of urea groups is 1. The number of carbonyl (C=O) groups is 1. The molecule has 8 heteroatoms. The molecule has 6 nitrogen and oxygen atoms in total. The lowest BCUT2D eigenvalue weighted by Gasteiger charge is -2.17. The van der Waals surface area contributed by atoms with Gasteiger partial charge in [0.05, 0.1) is 12.6 Å². The van der Waals surface area contributed by atoms with Gasteiger partial charge < -0.3 is 10.4 Å². The molecule has 2 amide bonds. The van der Waals surface area contributed by atoms with E-state index in [-0.39, 0.29) is 18.7 Å². The molecule has 21 heavy (non-hydrogen) atoms. The molecule has 2 aromatic rings. The van der Waals surface area contributed by atoms with E-state index in [9.17, 15) is 9.90 Å². The van der Waals surface area contributed by atoms with Crippen molar-refractivity contribution in [2.24, 2.45) is 5.92 Å². The molecule has 0 aliphatic carbocycles. The number of nitrogens with zero attached hydrogens (tertiary/aromatic N) is 2. The van der Waals surface area contributed by atoms with Gasteiger partial charge in [-0.1, -0.05) is 25.2 Å². The molecule has 0 aliphatic rings. The van der Waals surface area contributed by atoms with Crippen LogP contribution in [0.25, 0.3) is 10.6 Å². The molecule has 2 heterocycles. The highest BCUT2D eigenvalue weighted by molar-refractivity contribution is 7.19. The lowest BCUT2D eigenvalue weighted by molar-refractivity contribution is 0.214. The molecule has 0 radical (unpaired) electrons. The SMILES string of the molecule is CC(C)CC(CO)NC(=O)Nc1nnc(-c2ccsc2)s1.